The Morgan fingerprint density at radius 3 is 2.86 bits per heavy atom. The van der Waals surface area contributed by atoms with E-state index in [1.54, 1.807) is 13.2 Å². The molecule has 0 atom stereocenters. The third kappa shape index (κ3) is 3.01. The van der Waals surface area contributed by atoms with Crippen molar-refractivity contribution in [2.45, 2.75) is 19.4 Å². The maximum atomic E-state index is 9.49. The molecule has 0 aliphatic carbocycles. The summed E-state index contributed by atoms with van der Waals surface area (Å²) in [5.74, 6) is 0.295. The summed E-state index contributed by atoms with van der Waals surface area (Å²) in [4.78, 5) is 0. The van der Waals surface area contributed by atoms with Gasteiger partial charge in [0.05, 0.1) is 6.61 Å². The normalized spacial score (nSPS) is 10.4. The van der Waals surface area contributed by atoms with Crippen molar-refractivity contribution in [3.63, 3.8) is 0 Å². The number of benzene rings is 1. The highest BCUT2D eigenvalue weighted by molar-refractivity contribution is 5.35. The summed E-state index contributed by atoms with van der Waals surface area (Å²) in [6, 6.07) is 5.60. The van der Waals surface area contributed by atoms with Crippen LogP contribution in [0.25, 0.3) is 0 Å². The molecule has 1 rings (SSSR count). The molecule has 14 heavy (non-hydrogen) atoms. The smallest absolute Gasteiger partial charge is 0.121 e. The van der Waals surface area contributed by atoms with E-state index in [1.807, 2.05) is 12.1 Å². The second-order valence-electron chi connectivity index (χ2n) is 3.29. The molecule has 0 radical (unpaired) electrons. The SMILES string of the molecule is COCc1cc(CCCN)ccc1O. The Labute approximate surface area is 84.5 Å². The van der Waals surface area contributed by atoms with E-state index >= 15 is 0 Å². The van der Waals surface area contributed by atoms with Gasteiger partial charge in [-0.2, -0.15) is 0 Å². The fourth-order valence-corrected chi connectivity index (χ4v) is 1.37. The molecule has 3 N–H and O–H groups in total. The van der Waals surface area contributed by atoms with Crippen molar-refractivity contribution >= 4 is 0 Å². The van der Waals surface area contributed by atoms with Crippen molar-refractivity contribution in [2.24, 2.45) is 5.73 Å². The first-order chi connectivity index (χ1) is 6.77. The number of phenols is 1. The molecule has 1 aromatic carbocycles. The molecule has 3 heteroatoms. The molecule has 3 nitrogen and oxygen atoms in total. The largest absolute Gasteiger partial charge is 0.508 e. The first-order valence-corrected chi connectivity index (χ1v) is 4.77. The van der Waals surface area contributed by atoms with Gasteiger partial charge in [0.1, 0.15) is 5.75 Å². The Bertz CT molecular complexity index is 287. The lowest BCUT2D eigenvalue weighted by Crippen LogP contribution is -2.00. The van der Waals surface area contributed by atoms with Gasteiger partial charge in [-0.15, -0.1) is 0 Å². The Hall–Kier alpha value is -1.06. The maximum Gasteiger partial charge on any atom is 0.121 e. The van der Waals surface area contributed by atoms with Gasteiger partial charge in [-0.05, 0) is 37.1 Å². The fourth-order valence-electron chi connectivity index (χ4n) is 1.37. The van der Waals surface area contributed by atoms with Crippen LogP contribution in [-0.4, -0.2) is 18.8 Å². The van der Waals surface area contributed by atoms with Crippen molar-refractivity contribution in [1.29, 1.82) is 0 Å². The van der Waals surface area contributed by atoms with Gasteiger partial charge in [-0.25, -0.2) is 0 Å². The van der Waals surface area contributed by atoms with E-state index in [2.05, 4.69) is 0 Å². The zero-order valence-corrected chi connectivity index (χ0v) is 8.49. The van der Waals surface area contributed by atoms with Crippen LogP contribution < -0.4 is 5.73 Å². The van der Waals surface area contributed by atoms with Crippen molar-refractivity contribution in [1.82, 2.24) is 0 Å². The van der Waals surface area contributed by atoms with Crippen molar-refractivity contribution < 1.29 is 9.84 Å². The lowest BCUT2D eigenvalue weighted by atomic mass is 10.1. The predicted octanol–water partition coefficient (Wildman–Crippen LogP) is 1.43. The minimum Gasteiger partial charge on any atom is -0.508 e. The number of nitrogens with two attached hydrogens (primary N) is 1. The van der Waals surface area contributed by atoms with E-state index in [0.717, 1.165) is 18.4 Å². The number of hydrogen-bond donors (Lipinski definition) is 2. The Morgan fingerprint density at radius 2 is 2.21 bits per heavy atom. The second-order valence-corrected chi connectivity index (χ2v) is 3.29. The molecule has 0 fully saturated rings. The van der Waals surface area contributed by atoms with Crippen LogP contribution in [0.5, 0.6) is 5.75 Å². The molecule has 78 valence electrons. The van der Waals surface area contributed by atoms with Gasteiger partial charge in [0.15, 0.2) is 0 Å². The fraction of sp³-hybridized carbons (Fsp3) is 0.455. The summed E-state index contributed by atoms with van der Waals surface area (Å²) in [6.45, 7) is 1.14. The highest BCUT2D eigenvalue weighted by atomic mass is 16.5. The number of ether oxygens (including phenoxy) is 1. The van der Waals surface area contributed by atoms with Crippen LogP contribution in [0.4, 0.5) is 0 Å². The minimum atomic E-state index is 0.295. The monoisotopic (exact) mass is 195 g/mol. The average Bonchev–Trinajstić information content (AvgIpc) is 2.19. The van der Waals surface area contributed by atoms with Gasteiger partial charge < -0.3 is 15.6 Å². The van der Waals surface area contributed by atoms with Gasteiger partial charge in [-0.1, -0.05) is 6.07 Å². The minimum absolute atomic E-state index is 0.295. The standard InChI is InChI=1S/C11H17NO2/c1-14-8-10-7-9(3-2-6-12)4-5-11(10)13/h4-5,7,13H,2-3,6,8,12H2,1H3. The number of aromatic hydroxyl groups is 1. The average molecular weight is 195 g/mol. The summed E-state index contributed by atoms with van der Waals surface area (Å²) in [5.41, 5.74) is 7.46. The topological polar surface area (TPSA) is 55.5 Å². The third-order valence-electron chi connectivity index (χ3n) is 2.11. The van der Waals surface area contributed by atoms with Gasteiger partial charge in [0.2, 0.25) is 0 Å². The predicted molar refractivity (Wildman–Crippen MR) is 56.2 cm³/mol. The van der Waals surface area contributed by atoms with E-state index in [0.29, 0.717) is 18.9 Å². The third-order valence-corrected chi connectivity index (χ3v) is 2.11. The summed E-state index contributed by atoms with van der Waals surface area (Å²) in [6.07, 6.45) is 1.92. The second kappa shape index (κ2) is 5.62. The van der Waals surface area contributed by atoms with E-state index < -0.39 is 0 Å². The summed E-state index contributed by atoms with van der Waals surface area (Å²) in [7, 11) is 1.62. The van der Waals surface area contributed by atoms with E-state index in [-0.39, 0.29) is 0 Å². The molecule has 0 saturated carbocycles. The number of phenolic OH excluding ortho intramolecular Hbond substituents is 1. The van der Waals surface area contributed by atoms with Crippen LogP contribution in [0.15, 0.2) is 18.2 Å². The molecule has 0 heterocycles. The van der Waals surface area contributed by atoms with Crippen LogP contribution in [0, 0.1) is 0 Å². The Morgan fingerprint density at radius 1 is 1.43 bits per heavy atom. The molecule has 0 amide bonds. The molecule has 0 saturated heterocycles. The number of rotatable bonds is 5. The maximum absolute atomic E-state index is 9.49. The van der Waals surface area contributed by atoms with Crippen LogP contribution in [0.1, 0.15) is 17.5 Å². The first kappa shape index (κ1) is 11.0. The molecule has 0 unspecified atom stereocenters. The van der Waals surface area contributed by atoms with Gasteiger partial charge in [0.25, 0.3) is 0 Å². The molecule has 1 aromatic rings. The molecule has 0 aliphatic rings. The molecule has 0 aromatic heterocycles. The molecule has 0 spiro atoms. The number of methoxy groups -OCH3 is 1. The molecular formula is C11H17NO2. The molecule has 0 aliphatic heterocycles. The van der Waals surface area contributed by atoms with E-state index in [4.69, 9.17) is 10.5 Å². The van der Waals surface area contributed by atoms with Crippen molar-refractivity contribution in [3.05, 3.63) is 29.3 Å². The summed E-state index contributed by atoms with van der Waals surface area (Å²) in [5, 5.41) is 9.49. The highest BCUT2D eigenvalue weighted by Gasteiger charge is 2.01. The van der Waals surface area contributed by atoms with E-state index in [9.17, 15) is 5.11 Å². The van der Waals surface area contributed by atoms with Crippen LogP contribution >= 0.6 is 0 Å². The van der Waals surface area contributed by atoms with Gasteiger partial charge in [-0.3, -0.25) is 0 Å². The zero-order valence-electron chi connectivity index (χ0n) is 8.49. The highest BCUT2D eigenvalue weighted by Crippen LogP contribution is 2.19. The number of hydrogen-bond acceptors (Lipinski definition) is 3. The summed E-state index contributed by atoms with van der Waals surface area (Å²) < 4.78 is 4.98. The Balaban J connectivity index is 2.72. The van der Waals surface area contributed by atoms with Crippen LogP contribution in [0.3, 0.4) is 0 Å². The lowest BCUT2D eigenvalue weighted by Gasteiger charge is -2.06. The van der Waals surface area contributed by atoms with Gasteiger partial charge in [0, 0.05) is 12.7 Å². The number of aryl methyl sites for hydroxylation is 1. The summed E-state index contributed by atoms with van der Waals surface area (Å²) >= 11 is 0. The van der Waals surface area contributed by atoms with Crippen LogP contribution in [-0.2, 0) is 17.8 Å². The first-order valence-electron chi connectivity index (χ1n) is 4.77. The molecular weight excluding hydrogens is 178 g/mol. The van der Waals surface area contributed by atoms with Crippen molar-refractivity contribution in [3.8, 4) is 5.75 Å². The van der Waals surface area contributed by atoms with Crippen molar-refractivity contribution in [2.75, 3.05) is 13.7 Å². The quantitative estimate of drug-likeness (QED) is 0.747. The van der Waals surface area contributed by atoms with Gasteiger partial charge >= 0.3 is 0 Å². The lowest BCUT2D eigenvalue weighted by molar-refractivity contribution is 0.182. The zero-order chi connectivity index (χ0) is 10.4. The van der Waals surface area contributed by atoms with Crippen LogP contribution in [0.2, 0.25) is 0 Å². The van der Waals surface area contributed by atoms with E-state index in [1.165, 1.54) is 5.56 Å². The molecule has 0 bridgehead atoms. The Kier molecular flexibility index (Phi) is 4.43.